The van der Waals surface area contributed by atoms with Gasteiger partial charge in [-0.3, -0.25) is 4.79 Å². The topological polar surface area (TPSA) is 71.2 Å². The molecule has 0 radical (unpaired) electrons. The Bertz CT molecular complexity index is 883. The second-order valence-electron chi connectivity index (χ2n) is 9.52. The molecular weight excluding hydrogens is 376 g/mol. The molecule has 2 heterocycles. The zero-order chi connectivity index (χ0) is 20.7. The number of nitrogens with zero attached hydrogens (tertiary/aromatic N) is 4. The van der Waals surface area contributed by atoms with Crippen LogP contribution in [0.15, 0.2) is 30.5 Å². The van der Waals surface area contributed by atoms with E-state index in [0.717, 1.165) is 36.9 Å². The molecule has 1 N–H and O–H groups in total. The average molecular weight is 409 g/mol. The number of aromatic nitrogens is 3. The number of benzene rings is 1. The fraction of sp³-hybridized carbons (Fsp3) is 0.625. The number of piperidine rings is 1. The number of carbonyl (C=O) groups is 1. The van der Waals surface area contributed by atoms with E-state index in [1.54, 1.807) is 0 Å². The van der Waals surface area contributed by atoms with Crippen LogP contribution >= 0.6 is 0 Å². The number of rotatable bonds is 4. The molecule has 6 nitrogen and oxygen atoms in total. The van der Waals surface area contributed by atoms with Gasteiger partial charge in [-0.2, -0.15) is 0 Å². The summed E-state index contributed by atoms with van der Waals surface area (Å²) < 4.78 is 1.85. The van der Waals surface area contributed by atoms with Gasteiger partial charge in [0.15, 0.2) is 0 Å². The molecule has 1 amide bonds. The van der Waals surface area contributed by atoms with E-state index in [2.05, 4.69) is 41.5 Å². The minimum Gasteiger partial charge on any atom is -0.389 e. The lowest BCUT2D eigenvalue weighted by Gasteiger charge is -2.44. The summed E-state index contributed by atoms with van der Waals surface area (Å²) in [5.74, 6) is 0.857. The minimum atomic E-state index is -0.631. The standard InChI is InChI=1S/C24H32N4O2/c1-16-7-9-18(10-8-16)21-13-22(28-14-20(25-26-28)17-11-12-17)23(29)15-27(21)24(30)19-5-3-2-4-6-19/h7-10,14,17,19,21-23,29H,2-6,11-13,15H2,1H3/t21-,22+,23+/m1/s1. The molecule has 1 aromatic carbocycles. The van der Waals surface area contributed by atoms with Crippen LogP contribution in [0, 0.1) is 12.8 Å². The van der Waals surface area contributed by atoms with E-state index >= 15 is 0 Å². The summed E-state index contributed by atoms with van der Waals surface area (Å²) in [4.78, 5) is 15.4. The van der Waals surface area contributed by atoms with Crippen LogP contribution in [0.1, 0.15) is 86.2 Å². The van der Waals surface area contributed by atoms with Crippen molar-refractivity contribution in [3.8, 4) is 0 Å². The van der Waals surface area contributed by atoms with Crippen molar-refractivity contribution in [1.29, 1.82) is 0 Å². The van der Waals surface area contributed by atoms with E-state index in [0.29, 0.717) is 18.9 Å². The summed E-state index contributed by atoms with van der Waals surface area (Å²) >= 11 is 0. The van der Waals surface area contributed by atoms with Crippen LogP contribution in [0.4, 0.5) is 0 Å². The molecule has 0 spiro atoms. The number of likely N-dealkylation sites (tertiary alicyclic amines) is 1. The molecule has 2 saturated carbocycles. The first-order chi connectivity index (χ1) is 14.6. The molecule has 160 valence electrons. The molecule has 0 bridgehead atoms. The predicted octanol–water partition coefficient (Wildman–Crippen LogP) is 3.92. The van der Waals surface area contributed by atoms with Crippen LogP contribution in [0.25, 0.3) is 0 Å². The van der Waals surface area contributed by atoms with Crippen LogP contribution in [-0.2, 0) is 4.79 Å². The lowest BCUT2D eigenvalue weighted by Crippen LogP contribution is -2.51. The number of aliphatic hydroxyl groups is 1. The Morgan fingerprint density at radius 1 is 1.07 bits per heavy atom. The number of β-amino-alcohol motifs (C(OH)–C–C–N with tert-alkyl or cyclic N) is 1. The fourth-order valence-corrected chi connectivity index (χ4v) is 5.20. The van der Waals surface area contributed by atoms with Gasteiger partial charge in [-0.25, -0.2) is 4.68 Å². The Balaban J connectivity index is 1.43. The van der Waals surface area contributed by atoms with Gasteiger partial charge in [-0.1, -0.05) is 54.3 Å². The van der Waals surface area contributed by atoms with Gasteiger partial charge in [0, 0.05) is 24.6 Å². The number of aryl methyl sites for hydroxylation is 1. The molecule has 2 aliphatic carbocycles. The fourth-order valence-electron chi connectivity index (χ4n) is 5.20. The molecule has 0 unspecified atom stereocenters. The Morgan fingerprint density at radius 3 is 2.50 bits per heavy atom. The second kappa shape index (κ2) is 8.14. The van der Waals surface area contributed by atoms with Crippen LogP contribution in [0.3, 0.4) is 0 Å². The summed E-state index contributed by atoms with van der Waals surface area (Å²) in [6.07, 6.45) is 9.85. The Morgan fingerprint density at radius 2 is 1.80 bits per heavy atom. The van der Waals surface area contributed by atoms with Crippen molar-refractivity contribution >= 4 is 5.91 Å². The molecule has 3 aliphatic rings. The Kier molecular flexibility index (Phi) is 5.35. The maximum Gasteiger partial charge on any atom is 0.226 e. The van der Waals surface area contributed by atoms with E-state index in [1.807, 2.05) is 15.8 Å². The quantitative estimate of drug-likeness (QED) is 0.832. The van der Waals surface area contributed by atoms with Crippen LogP contribution in [-0.4, -0.2) is 43.6 Å². The first-order valence-electron chi connectivity index (χ1n) is 11.6. The summed E-state index contributed by atoms with van der Waals surface area (Å²) in [7, 11) is 0. The highest BCUT2D eigenvalue weighted by atomic mass is 16.3. The van der Waals surface area contributed by atoms with Gasteiger partial charge in [-0.15, -0.1) is 5.10 Å². The van der Waals surface area contributed by atoms with E-state index in [1.165, 1.54) is 24.8 Å². The van der Waals surface area contributed by atoms with Crippen LogP contribution in [0.5, 0.6) is 0 Å². The van der Waals surface area contributed by atoms with E-state index in [9.17, 15) is 9.90 Å². The SMILES string of the molecule is Cc1ccc([C@H]2C[C@H](n3cc(C4CC4)nn3)[C@@H](O)CN2C(=O)C2CCCCC2)cc1. The Labute approximate surface area is 178 Å². The highest BCUT2D eigenvalue weighted by molar-refractivity contribution is 5.79. The van der Waals surface area contributed by atoms with Gasteiger partial charge >= 0.3 is 0 Å². The predicted molar refractivity (Wildman–Crippen MR) is 114 cm³/mol. The first-order valence-corrected chi connectivity index (χ1v) is 11.6. The molecular formula is C24H32N4O2. The van der Waals surface area contributed by atoms with E-state index < -0.39 is 6.10 Å². The summed E-state index contributed by atoms with van der Waals surface area (Å²) in [5.41, 5.74) is 3.39. The normalized spacial score (nSPS) is 27.9. The lowest BCUT2D eigenvalue weighted by atomic mass is 9.84. The van der Waals surface area contributed by atoms with Crippen molar-refractivity contribution in [2.24, 2.45) is 5.92 Å². The number of hydrogen-bond donors (Lipinski definition) is 1. The molecule has 5 rings (SSSR count). The van der Waals surface area contributed by atoms with E-state index in [4.69, 9.17) is 0 Å². The number of carbonyl (C=O) groups excluding carboxylic acids is 1. The largest absolute Gasteiger partial charge is 0.389 e. The van der Waals surface area contributed by atoms with Crippen LogP contribution in [0.2, 0.25) is 0 Å². The molecule has 30 heavy (non-hydrogen) atoms. The Hall–Kier alpha value is -2.21. The van der Waals surface area contributed by atoms with Gasteiger partial charge in [0.2, 0.25) is 5.91 Å². The second-order valence-corrected chi connectivity index (χ2v) is 9.52. The highest BCUT2D eigenvalue weighted by Gasteiger charge is 2.41. The number of aliphatic hydroxyl groups excluding tert-OH is 1. The average Bonchev–Trinajstić information content (AvgIpc) is 3.51. The van der Waals surface area contributed by atoms with Gasteiger partial charge < -0.3 is 10.0 Å². The molecule has 3 fully saturated rings. The number of amides is 1. The monoisotopic (exact) mass is 408 g/mol. The zero-order valence-corrected chi connectivity index (χ0v) is 17.8. The zero-order valence-electron chi connectivity index (χ0n) is 17.8. The molecule has 2 aromatic rings. The molecule has 3 atom stereocenters. The molecule has 6 heteroatoms. The smallest absolute Gasteiger partial charge is 0.226 e. The third-order valence-corrected chi connectivity index (χ3v) is 7.23. The lowest BCUT2D eigenvalue weighted by molar-refractivity contribution is -0.145. The first kappa shape index (κ1) is 19.7. The van der Waals surface area contributed by atoms with Gasteiger partial charge in [0.25, 0.3) is 0 Å². The summed E-state index contributed by atoms with van der Waals surface area (Å²) in [5, 5.41) is 19.7. The minimum absolute atomic E-state index is 0.0398. The van der Waals surface area contributed by atoms with Crippen molar-refractivity contribution in [2.75, 3.05) is 6.54 Å². The van der Waals surface area contributed by atoms with Crippen molar-refractivity contribution < 1.29 is 9.90 Å². The van der Waals surface area contributed by atoms with Gasteiger partial charge in [0.05, 0.1) is 23.9 Å². The maximum atomic E-state index is 13.5. The van der Waals surface area contributed by atoms with Crippen LogP contribution < -0.4 is 0 Å². The third-order valence-electron chi connectivity index (χ3n) is 7.23. The molecule has 1 aliphatic heterocycles. The molecule has 1 aromatic heterocycles. The van der Waals surface area contributed by atoms with Gasteiger partial charge in [0.1, 0.15) is 0 Å². The summed E-state index contributed by atoms with van der Waals surface area (Å²) in [6, 6.07) is 8.28. The summed E-state index contributed by atoms with van der Waals surface area (Å²) in [6.45, 7) is 2.44. The van der Waals surface area contributed by atoms with Crippen molar-refractivity contribution in [3.05, 3.63) is 47.3 Å². The van der Waals surface area contributed by atoms with Crippen molar-refractivity contribution in [2.45, 2.75) is 82.4 Å². The van der Waals surface area contributed by atoms with Gasteiger partial charge in [-0.05, 0) is 44.6 Å². The number of hydrogen-bond acceptors (Lipinski definition) is 4. The third kappa shape index (κ3) is 3.89. The highest BCUT2D eigenvalue weighted by Crippen LogP contribution is 2.41. The van der Waals surface area contributed by atoms with Crippen molar-refractivity contribution in [3.63, 3.8) is 0 Å². The molecule has 1 saturated heterocycles. The maximum absolute atomic E-state index is 13.5. The van der Waals surface area contributed by atoms with E-state index in [-0.39, 0.29) is 23.9 Å². The van der Waals surface area contributed by atoms with Crippen molar-refractivity contribution in [1.82, 2.24) is 19.9 Å².